The Morgan fingerprint density at radius 1 is 1.25 bits per heavy atom. The Hall–Kier alpha value is -2.05. The Balaban J connectivity index is 2.05. The topological polar surface area (TPSA) is 76.0 Å². The molecule has 0 fully saturated rings. The molecule has 2 N–H and O–H groups in total. The van der Waals surface area contributed by atoms with Crippen LogP contribution in [-0.2, 0) is 15.0 Å². The van der Waals surface area contributed by atoms with Crippen molar-refractivity contribution in [1.82, 2.24) is 9.78 Å². The number of aromatic nitrogens is 2. The van der Waals surface area contributed by atoms with Crippen LogP contribution in [0.2, 0.25) is 10.0 Å². The number of anilines is 2. The molecule has 0 aliphatic carbocycles. The van der Waals surface area contributed by atoms with Crippen molar-refractivity contribution in [2.75, 3.05) is 10.6 Å². The molecule has 1 atom stereocenters. The Morgan fingerprint density at radius 2 is 2.00 bits per heavy atom. The second-order valence-electron chi connectivity index (χ2n) is 6.34. The van der Waals surface area contributed by atoms with E-state index in [-0.39, 0.29) is 24.3 Å². The van der Waals surface area contributed by atoms with Gasteiger partial charge in [0, 0.05) is 39.3 Å². The van der Waals surface area contributed by atoms with Gasteiger partial charge in [-0.2, -0.15) is 5.10 Å². The summed E-state index contributed by atoms with van der Waals surface area (Å²) in [5, 5.41) is 10.8. The molecule has 1 aromatic carbocycles. The summed E-state index contributed by atoms with van der Waals surface area (Å²) in [6.45, 7) is 3.91. The van der Waals surface area contributed by atoms with Gasteiger partial charge < -0.3 is 10.6 Å². The van der Waals surface area contributed by atoms with Crippen LogP contribution in [0.25, 0.3) is 0 Å². The van der Waals surface area contributed by atoms with Gasteiger partial charge in [-0.25, -0.2) is 4.68 Å². The van der Waals surface area contributed by atoms with Crippen molar-refractivity contribution in [3.8, 4) is 0 Å². The highest BCUT2D eigenvalue weighted by molar-refractivity contribution is 6.37. The lowest BCUT2D eigenvalue weighted by molar-refractivity contribution is -0.125. The standard InChI is InChI=1S/C16H14Cl2N4O2/c1-7(2)22-14-9(6-19-22)16(5-12(23)21-14)13-10(18)3-8(17)4-11(13)20-15(16)24/h3-4,6-7H,5H2,1-2H3,(H,20,24)(H,21,23)/t16-/m1/s1. The first-order chi connectivity index (χ1) is 11.3. The van der Waals surface area contributed by atoms with E-state index in [9.17, 15) is 9.59 Å². The van der Waals surface area contributed by atoms with Crippen LogP contribution >= 0.6 is 23.2 Å². The SMILES string of the molecule is CC(C)n1ncc2c1NC(=O)C[C@@]21C(=O)Nc2cc(Cl)cc(Cl)c21. The number of amides is 2. The van der Waals surface area contributed by atoms with Gasteiger partial charge in [0.15, 0.2) is 0 Å². The number of carbonyl (C=O) groups is 2. The summed E-state index contributed by atoms with van der Waals surface area (Å²) >= 11 is 12.5. The lowest BCUT2D eigenvalue weighted by Crippen LogP contribution is -2.43. The monoisotopic (exact) mass is 364 g/mol. The van der Waals surface area contributed by atoms with Gasteiger partial charge in [-0.05, 0) is 26.0 Å². The van der Waals surface area contributed by atoms with E-state index >= 15 is 0 Å². The molecule has 1 aromatic heterocycles. The molecule has 0 bridgehead atoms. The highest BCUT2D eigenvalue weighted by Crippen LogP contribution is 2.53. The fraction of sp³-hybridized carbons (Fsp3) is 0.312. The number of nitrogens with zero attached hydrogens (tertiary/aromatic N) is 2. The van der Waals surface area contributed by atoms with Crippen LogP contribution in [0.1, 0.15) is 37.4 Å². The van der Waals surface area contributed by atoms with Gasteiger partial charge in [0.05, 0.1) is 6.20 Å². The van der Waals surface area contributed by atoms with Gasteiger partial charge in [-0.3, -0.25) is 9.59 Å². The van der Waals surface area contributed by atoms with Crippen LogP contribution in [0.15, 0.2) is 18.3 Å². The first-order valence-electron chi connectivity index (χ1n) is 7.53. The van der Waals surface area contributed by atoms with Gasteiger partial charge >= 0.3 is 0 Å². The number of rotatable bonds is 1. The Kier molecular flexibility index (Phi) is 3.21. The number of benzene rings is 1. The lowest BCUT2D eigenvalue weighted by atomic mass is 9.72. The zero-order valence-electron chi connectivity index (χ0n) is 13.0. The Bertz CT molecular complexity index is 906. The second-order valence-corrected chi connectivity index (χ2v) is 7.18. The van der Waals surface area contributed by atoms with E-state index in [0.717, 1.165) is 0 Å². The zero-order valence-corrected chi connectivity index (χ0v) is 14.5. The van der Waals surface area contributed by atoms with Crippen LogP contribution in [0, 0.1) is 0 Å². The largest absolute Gasteiger partial charge is 0.325 e. The van der Waals surface area contributed by atoms with Gasteiger partial charge in [0.25, 0.3) is 0 Å². The summed E-state index contributed by atoms with van der Waals surface area (Å²) in [5.74, 6) is -0.00439. The smallest absolute Gasteiger partial charge is 0.240 e. The third kappa shape index (κ3) is 1.87. The minimum atomic E-state index is -1.18. The molecule has 8 heteroatoms. The molecular weight excluding hydrogens is 351 g/mol. The summed E-state index contributed by atoms with van der Waals surface area (Å²) < 4.78 is 1.70. The van der Waals surface area contributed by atoms with E-state index in [4.69, 9.17) is 23.2 Å². The molecule has 0 saturated carbocycles. The van der Waals surface area contributed by atoms with Gasteiger partial charge in [-0.15, -0.1) is 0 Å². The number of halogens is 2. The van der Waals surface area contributed by atoms with Crippen LogP contribution in [0.3, 0.4) is 0 Å². The molecule has 2 aliphatic heterocycles. The normalized spacial score (nSPS) is 21.7. The molecule has 0 saturated heterocycles. The zero-order chi connectivity index (χ0) is 17.2. The molecule has 3 heterocycles. The van der Waals surface area contributed by atoms with Crippen molar-refractivity contribution in [1.29, 1.82) is 0 Å². The molecule has 2 amide bonds. The highest BCUT2D eigenvalue weighted by Gasteiger charge is 2.55. The van der Waals surface area contributed by atoms with Crippen LogP contribution < -0.4 is 10.6 Å². The number of nitrogens with one attached hydrogen (secondary N) is 2. The molecular formula is C16H14Cl2N4O2. The van der Waals surface area contributed by atoms with Crippen LogP contribution in [0.4, 0.5) is 11.5 Å². The van der Waals surface area contributed by atoms with Gasteiger partial charge in [0.2, 0.25) is 11.8 Å². The maximum atomic E-state index is 12.9. The molecule has 24 heavy (non-hydrogen) atoms. The van der Waals surface area contributed by atoms with Crippen molar-refractivity contribution in [3.63, 3.8) is 0 Å². The third-order valence-corrected chi connectivity index (χ3v) is 5.06. The Labute approximate surface area is 148 Å². The average molecular weight is 365 g/mol. The van der Waals surface area contributed by atoms with Crippen LogP contribution in [-0.4, -0.2) is 21.6 Å². The maximum absolute atomic E-state index is 12.9. The molecule has 124 valence electrons. The lowest BCUT2D eigenvalue weighted by Gasteiger charge is -2.32. The summed E-state index contributed by atoms with van der Waals surface area (Å²) in [6.07, 6.45) is 1.61. The minimum Gasteiger partial charge on any atom is -0.325 e. The summed E-state index contributed by atoms with van der Waals surface area (Å²) in [7, 11) is 0. The van der Waals surface area contributed by atoms with Crippen molar-refractivity contribution in [3.05, 3.63) is 39.5 Å². The van der Waals surface area contributed by atoms with E-state index in [1.807, 2.05) is 13.8 Å². The molecule has 4 rings (SSSR count). The van der Waals surface area contributed by atoms with E-state index in [2.05, 4.69) is 15.7 Å². The number of fused-ring (bicyclic) bond motifs is 4. The third-order valence-electron chi connectivity index (χ3n) is 4.55. The molecule has 6 nitrogen and oxygen atoms in total. The molecule has 1 spiro atoms. The van der Waals surface area contributed by atoms with E-state index in [1.54, 1.807) is 23.0 Å². The Morgan fingerprint density at radius 3 is 2.71 bits per heavy atom. The predicted octanol–water partition coefficient (Wildman–Crippen LogP) is 3.35. The van der Waals surface area contributed by atoms with Gasteiger partial charge in [0.1, 0.15) is 11.2 Å². The highest BCUT2D eigenvalue weighted by atomic mass is 35.5. The quantitative estimate of drug-likeness (QED) is 0.814. The molecule has 2 aromatic rings. The first-order valence-corrected chi connectivity index (χ1v) is 8.29. The first kappa shape index (κ1) is 15.5. The second kappa shape index (κ2) is 4.97. The van der Waals surface area contributed by atoms with Crippen LogP contribution in [0.5, 0.6) is 0 Å². The summed E-state index contributed by atoms with van der Waals surface area (Å²) in [4.78, 5) is 25.3. The molecule has 2 aliphatic rings. The summed E-state index contributed by atoms with van der Waals surface area (Å²) in [5.41, 5.74) is 0.589. The maximum Gasteiger partial charge on any atom is 0.240 e. The predicted molar refractivity (Wildman–Crippen MR) is 91.7 cm³/mol. The number of hydrogen-bond donors (Lipinski definition) is 2. The molecule has 0 unspecified atom stereocenters. The minimum absolute atomic E-state index is 0.0238. The van der Waals surface area contributed by atoms with Crippen molar-refractivity contribution in [2.45, 2.75) is 31.7 Å². The fourth-order valence-corrected chi connectivity index (χ4v) is 4.23. The van der Waals surface area contributed by atoms with Gasteiger partial charge in [-0.1, -0.05) is 23.2 Å². The fourth-order valence-electron chi connectivity index (χ4n) is 3.58. The van der Waals surface area contributed by atoms with Crippen molar-refractivity contribution < 1.29 is 9.59 Å². The van der Waals surface area contributed by atoms with E-state index < -0.39 is 5.41 Å². The summed E-state index contributed by atoms with van der Waals surface area (Å²) in [6, 6.07) is 3.27. The number of hydrogen-bond acceptors (Lipinski definition) is 3. The number of carbonyl (C=O) groups excluding carboxylic acids is 2. The molecule has 0 radical (unpaired) electrons. The van der Waals surface area contributed by atoms with E-state index in [0.29, 0.717) is 32.7 Å². The average Bonchev–Trinajstić information content (AvgIpc) is 2.99. The van der Waals surface area contributed by atoms with Crippen molar-refractivity contribution in [2.24, 2.45) is 0 Å². The van der Waals surface area contributed by atoms with E-state index in [1.165, 1.54) is 0 Å². The van der Waals surface area contributed by atoms with Crippen molar-refractivity contribution >= 4 is 46.5 Å².